The summed E-state index contributed by atoms with van der Waals surface area (Å²) in [6, 6.07) is 0. The van der Waals surface area contributed by atoms with Crippen LogP contribution in [0.2, 0.25) is 0 Å². The van der Waals surface area contributed by atoms with E-state index >= 15 is 0 Å². The van der Waals surface area contributed by atoms with Crippen LogP contribution in [0.1, 0.15) is 46.0 Å². The van der Waals surface area contributed by atoms with E-state index in [1.807, 2.05) is 0 Å². The van der Waals surface area contributed by atoms with Crippen LogP contribution in [0.4, 0.5) is 0 Å². The molecule has 0 aromatic carbocycles. The number of likely N-dealkylation sites (N-methyl/N-ethyl adjacent to an activating group) is 1. The van der Waals surface area contributed by atoms with Crippen LogP contribution in [-0.2, 0) is 9.53 Å². The third-order valence-corrected chi connectivity index (χ3v) is 7.99. The molecule has 0 unspecified atom stereocenters. The van der Waals surface area contributed by atoms with E-state index in [-0.39, 0.29) is 18.0 Å². The smallest absolute Gasteiger partial charge is 0.315 e. The third-order valence-electron chi connectivity index (χ3n) is 7.99. The predicted molar refractivity (Wildman–Crippen MR) is 97.5 cm³/mol. The van der Waals surface area contributed by atoms with Crippen molar-refractivity contribution in [3.8, 4) is 0 Å². The molecule has 140 valence electrons. The van der Waals surface area contributed by atoms with Gasteiger partial charge in [0.25, 0.3) is 0 Å². The fraction of sp³-hybridized carbons (Fsp3) is 0.857. The maximum atomic E-state index is 12.7. The van der Waals surface area contributed by atoms with Crippen LogP contribution in [0, 0.1) is 23.2 Å². The summed E-state index contributed by atoms with van der Waals surface area (Å²) in [6.45, 7) is 16.2. The van der Waals surface area contributed by atoms with Gasteiger partial charge in [-0.15, -0.1) is 0 Å². The molecular weight excluding hydrogens is 312 g/mol. The number of esters is 1. The van der Waals surface area contributed by atoms with Crippen LogP contribution in [0.15, 0.2) is 12.2 Å². The summed E-state index contributed by atoms with van der Waals surface area (Å²) < 4.78 is 5.92. The van der Waals surface area contributed by atoms with Crippen molar-refractivity contribution >= 4 is 5.97 Å². The highest BCUT2D eigenvalue weighted by Crippen LogP contribution is 2.56. The molecule has 0 aromatic heterocycles. The van der Waals surface area contributed by atoms with Crippen LogP contribution in [0.3, 0.4) is 0 Å². The number of quaternary nitrogens is 2. The van der Waals surface area contributed by atoms with Crippen molar-refractivity contribution in [3.63, 3.8) is 0 Å². The van der Waals surface area contributed by atoms with E-state index in [1.165, 1.54) is 57.6 Å². The van der Waals surface area contributed by atoms with Gasteiger partial charge in [0.15, 0.2) is 0 Å². The second-order valence-corrected chi connectivity index (χ2v) is 9.46. The molecule has 2 aliphatic heterocycles. The van der Waals surface area contributed by atoms with E-state index < -0.39 is 0 Å². The second kappa shape index (κ2) is 6.70. The van der Waals surface area contributed by atoms with Gasteiger partial charge in [0, 0.05) is 5.92 Å². The lowest BCUT2D eigenvalue weighted by Crippen LogP contribution is -3.28. The highest BCUT2D eigenvalue weighted by Gasteiger charge is 2.56. The lowest BCUT2D eigenvalue weighted by atomic mass is 9.55. The first-order valence-electron chi connectivity index (χ1n) is 10.6. The SMILES string of the molecule is C=C1CCC[C@@]2(C)C[C@@H]3OC(=O)[C@@H](C[NH+]4CC[NH+](CC)CC4)[C@H]3C[C@H]12. The number of ether oxygens (including phenoxy) is 1. The average Bonchev–Trinajstić information content (AvgIpc) is 2.88. The summed E-state index contributed by atoms with van der Waals surface area (Å²) >= 11 is 0. The Morgan fingerprint density at radius 3 is 2.68 bits per heavy atom. The minimum absolute atomic E-state index is 0.0978. The van der Waals surface area contributed by atoms with E-state index in [0.717, 1.165) is 19.4 Å². The first kappa shape index (κ1) is 17.5. The molecule has 0 amide bonds. The second-order valence-electron chi connectivity index (χ2n) is 9.46. The summed E-state index contributed by atoms with van der Waals surface area (Å²) in [5.74, 6) is 1.27. The van der Waals surface area contributed by atoms with E-state index in [9.17, 15) is 4.79 Å². The quantitative estimate of drug-likeness (QED) is 0.561. The van der Waals surface area contributed by atoms with Gasteiger partial charge in [0.1, 0.15) is 38.2 Å². The molecule has 4 nitrogen and oxygen atoms in total. The lowest BCUT2D eigenvalue weighted by Gasteiger charge is -2.50. The molecule has 4 heteroatoms. The molecule has 4 fully saturated rings. The first-order valence-corrected chi connectivity index (χ1v) is 10.6. The van der Waals surface area contributed by atoms with Crippen molar-refractivity contribution in [1.82, 2.24) is 0 Å². The molecule has 5 atom stereocenters. The monoisotopic (exact) mass is 348 g/mol. The maximum Gasteiger partial charge on any atom is 0.315 e. The van der Waals surface area contributed by atoms with Crippen molar-refractivity contribution in [2.45, 2.75) is 52.1 Å². The minimum Gasteiger partial charge on any atom is -0.462 e. The van der Waals surface area contributed by atoms with Gasteiger partial charge in [-0.2, -0.15) is 0 Å². The molecule has 25 heavy (non-hydrogen) atoms. The number of fused-ring (bicyclic) bond motifs is 2. The van der Waals surface area contributed by atoms with Crippen LogP contribution >= 0.6 is 0 Å². The molecule has 0 spiro atoms. The fourth-order valence-corrected chi connectivity index (χ4v) is 6.32. The van der Waals surface area contributed by atoms with Gasteiger partial charge >= 0.3 is 5.97 Å². The van der Waals surface area contributed by atoms with E-state index in [4.69, 9.17) is 4.74 Å². The Labute approximate surface area is 152 Å². The number of nitrogens with one attached hydrogen (secondary N) is 2. The van der Waals surface area contributed by atoms with E-state index in [1.54, 1.807) is 9.80 Å². The topological polar surface area (TPSA) is 35.2 Å². The molecule has 0 aromatic rings. The Morgan fingerprint density at radius 1 is 1.24 bits per heavy atom. The molecular formula is C21H36N2O2+2. The number of carbonyl (C=O) groups excluding carboxylic acids is 1. The molecule has 0 bridgehead atoms. The number of piperazine rings is 1. The average molecular weight is 349 g/mol. The lowest BCUT2D eigenvalue weighted by molar-refractivity contribution is -1.01. The van der Waals surface area contributed by atoms with Crippen molar-refractivity contribution in [2.24, 2.45) is 23.2 Å². The Kier molecular flexibility index (Phi) is 4.70. The largest absolute Gasteiger partial charge is 0.462 e. The van der Waals surface area contributed by atoms with Gasteiger partial charge in [-0.25, -0.2) is 0 Å². The molecule has 2 saturated carbocycles. The Bertz CT molecular complexity index is 540. The summed E-state index contributed by atoms with van der Waals surface area (Å²) in [5.41, 5.74) is 1.76. The van der Waals surface area contributed by atoms with Crippen molar-refractivity contribution in [3.05, 3.63) is 12.2 Å². The Morgan fingerprint density at radius 2 is 1.96 bits per heavy atom. The van der Waals surface area contributed by atoms with E-state index in [2.05, 4.69) is 20.4 Å². The van der Waals surface area contributed by atoms with Gasteiger partial charge in [0.05, 0.1) is 13.1 Å². The zero-order valence-corrected chi connectivity index (χ0v) is 16.1. The standard InChI is InChI=1S/C21H34N2O2/c1-4-22-8-10-23(11-9-22)14-17-16-12-18-15(2)6-5-7-21(18,3)13-19(16)25-20(17)24/h16-19H,2,4-14H2,1,3H3/p+2/t16-,17+,18-,19+,21+/m1/s1. The minimum atomic E-state index is 0.0978. The summed E-state index contributed by atoms with van der Waals surface area (Å²) in [6.07, 6.45) is 6.09. The van der Waals surface area contributed by atoms with E-state index in [0.29, 0.717) is 17.3 Å². The summed E-state index contributed by atoms with van der Waals surface area (Å²) in [5, 5.41) is 0. The fourth-order valence-electron chi connectivity index (χ4n) is 6.32. The number of hydrogen-bond acceptors (Lipinski definition) is 2. The molecule has 0 radical (unpaired) electrons. The summed E-state index contributed by atoms with van der Waals surface area (Å²) in [7, 11) is 0. The zero-order valence-electron chi connectivity index (χ0n) is 16.1. The number of carbonyl (C=O) groups is 1. The predicted octanol–water partition coefficient (Wildman–Crippen LogP) is 0.104. The van der Waals surface area contributed by atoms with Crippen LogP contribution in [0.5, 0.6) is 0 Å². The Balaban J connectivity index is 1.44. The zero-order chi connectivity index (χ0) is 17.6. The van der Waals surface area contributed by atoms with Gasteiger partial charge in [-0.3, -0.25) is 4.79 Å². The van der Waals surface area contributed by atoms with Gasteiger partial charge in [0.2, 0.25) is 0 Å². The van der Waals surface area contributed by atoms with Gasteiger partial charge in [-0.05, 0) is 50.4 Å². The first-order chi connectivity index (χ1) is 12.0. The van der Waals surface area contributed by atoms with Crippen molar-refractivity contribution < 1.29 is 19.3 Å². The molecule has 2 aliphatic carbocycles. The molecule has 4 aliphatic rings. The highest BCUT2D eigenvalue weighted by atomic mass is 16.6. The number of hydrogen-bond donors (Lipinski definition) is 2. The molecule has 2 N–H and O–H groups in total. The maximum absolute atomic E-state index is 12.7. The number of rotatable bonds is 3. The highest BCUT2D eigenvalue weighted by molar-refractivity contribution is 5.75. The van der Waals surface area contributed by atoms with Crippen molar-refractivity contribution in [2.75, 3.05) is 39.3 Å². The molecule has 4 rings (SSSR count). The van der Waals surface area contributed by atoms with Crippen molar-refractivity contribution in [1.29, 1.82) is 0 Å². The molecule has 2 heterocycles. The summed E-state index contributed by atoms with van der Waals surface area (Å²) in [4.78, 5) is 16.0. The van der Waals surface area contributed by atoms with Gasteiger partial charge < -0.3 is 14.5 Å². The van der Waals surface area contributed by atoms with Gasteiger partial charge in [-0.1, -0.05) is 19.1 Å². The number of allylic oxidation sites excluding steroid dienone is 1. The van der Waals surface area contributed by atoms with Crippen LogP contribution in [-0.4, -0.2) is 51.3 Å². The molecule has 2 saturated heterocycles. The third kappa shape index (κ3) is 3.16. The van der Waals surface area contributed by atoms with Crippen LogP contribution in [0.25, 0.3) is 0 Å². The van der Waals surface area contributed by atoms with Crippen LogP contribution < -0.4 is 9.80 Å². The Hall–Kier alpha value is -0.870. The normalized spacial score (nSPS) is 47.1.